The minimum atomic E-state index is -4.36. The summed E-state index contributed by atoms with van der Waals surface area (Å²) in [7, 11) is 0. The normalized spacial score (nSPS) is 17.9. The highest BCUT2D eigenvalue weighted by Gasteiger charge is 2.32. The Labute approximate surface area is 122 Å². The molecule has 0 atom stereocenters. The van der Waals surface area contributed by atoms with E-state index in [1.54, 1.807) is 6.07 Å². The predicted octanol–water partition coefficient (Wildman–Crippen LogP) is 3.89. The van der Waals surface area contributed by atoms with E-state index < -0.39 is 11.7 Å². The zero-order valence-corrected chi connectivity index (χ0v) is 12.3. The summed E-state index contributed by atoms with van der Waals surface area (Å²) in [4.78, 5) is 4.27. The number of hydrogen-bond acceptors (Lipinski definition) is 2. The lowest BCUT2D eigenvalue weighted by Crippen LogP contribution is -2.48. The van der Waals surface area contributed by atoms with Crippen LogP contribution in [0.4, 0.5) is 18.9 Å². The van der Waals surface area contributed by atoms with Crippen molar-refractivity contribution in [2.45, 2.75) is 26.1 Å². The largest absolute Gasteiger partial charge is 0.416 e. The maximum absolute atomic E-state index is 12.8. The van der Waals surface area contributed by atoms with Gasteiger partial charge in [-0.25, -0.2) is 0 Å². The average Bonchev–Trinajstić information content (AvgIpc) is 2.37. The van der Waals surface area contributed by atoms with Crippen molar-refractivity contribution < 1.29 is 13.2 Å². The van der Waals surface area contributed by atoms with Gasteiger partial charge in [-0.3, -0.25) is 4.90 Å². The second-order valence-electron chi connectivity index (χ2n) is 5.31. The Morgan fingerprint density at radius 2 is 1.65 bits per heavy atom. The van der Waals surface area contributed by atoms with E-state index in [4.69, 9.17) is 11.6 Å². The molecule has 6 heteroatoms. The molecule has 20 heavy (non-hydrogen) atoms. The van der Waals surface area contributed by atoms with E-state index in [1.165, 1.54) is 6.07 Å². The van der Waals surface area contributed by atoms with Gasteiger partial charge in [-0.1, -0.05) is 11.6 Å². The zero-order chi connectivity index (χ0) is 14.9. The first kappa shape index (κ1) is 15.4. The second-order valence-corrected chi connectivity index (χ2v) is 5.75. The van der Waals surface area contributed by atoms with Gasteiger partial charge in [0.2, 0.25) is 0 Å². The maximum atomic E-state index is 12.8. The highest BCUT2D eigenvalue weighted by molar-refractivity contribution is 6.30. The minimum Gasteiger partial charge on any atom is -0.369 e. The standard InChI is InChI=1S/C14H18ClF3N2/c1-10(2)19-3-5-20(6-4-19)13-8-11(14(16,17)18)7-12(15)9-13/h7-10H,3-6H2,1-2H3. The Balaban J connectivity index is 2.16. The number of alkyl halides is 3. The van der Waals surface area contributed by atoms with Gasteiger partial charge in [0.25, 0.3) is 0 Å². The van der Waals surface area contributed by atoms with Crippen molar-refractivity contribution in [3.8, 4) is 0 Å². The number of hydrogen-bond donors (Lipinski definition) is 0. The van der Waals surface area contributed by atoms with Gasteiger partial charge in [0.15, 0.2) is 0 Å². The van der Waals surface area contributed by atoms with Crippen LogP contribution in [-0.4, -0.2) is 37.1 Å². The molecule has 1 saturated heterocycles. The molecule has 0 saturated carbocycles. The molecule has 0 aliphatic carbocycles. The summed E-state index contributed by atoms with van der Waals surface area (Å²) in [5.41, 5.74) is -0.139. The molecule has 0 N–H and O–H groups in total. The molecule has 1 fully saturated rings. The van der Waals surface area contributed by atoms with Crippen LogP contribution in [0.2, 0.25) is 5.02 Å². The van der Waals surface area contributed by atoms with Crippen molar-refractivity contribution in [1.29, 1.82) is 0 Å². The summed E-state index contributed by atoms with van der Waals surface area (Å²) in [6.45, 7) is 7.39. The molecule has 1 aromatic rings. The van der Waals surface area contributed by atoms with Gasteiger partial charge >= 0.3 is 6.18 Å². The number of piperazine rings is 1. The summed E-state index contributed by atoms with van der Waals surface area (Å²) >= 11 is 5.82. The third-order valence-electron chi connectivity index (χ3n) is 3.62. The smallest absolute Gasteiger partial charge is 0.369 e. The first-order valence-corrected chi connectivity index (χ1v) is 7.02. The van der Waals surface area contributed by atoms with Gasteiger partial charge in [0.1, 0.15) is 0 Å². The Morgan fingerprint density at radius 3 is 2.15 bits per heavy atom. The molecule has 112 valence electrons. The first-order valence-electron chi connectivity index (χ1n) is 6.64. The molecule has 1 aromatic carbocycles. The van der Waals surface area contributed by atoms with Crippen LogP contribution in [0.1, 0.15) is 19.4 Å². The van der Waals surface area contributed by atoms with E-state index in [1.807, 2.05) is 4.90 Å². The lowest BCUT2D eigenvalue weighted by Gasteiger charge is -2.38. The summed E-state index contributed by atoms with van der Waals surface area (Å²) in [5, 5.41) is 0.126. The fourth-order valence-electron chi connectivity index (χ4n) is 2.42. The van der Waals surface area contributed by atoms with E-state index in [2.05, 4.69) is 18.7 Å². The van der Waals surface area contributed by atoms with E-state index in [0.29, 0.717) is 11.7 Å². The molecule has 0 bridgehead atoms. The van der Waals surface area contributed by atoms with E-state index in [0.717, 1.165) is 32.2 Å². The summed E-state index contributed by atoms with van der Waals surface area (Å²) in [6, 6.07) is 4.20. The molecule has 0 amide bonds. The van der Waals surface area contributed by atoms with Crippen LogP contribution in [0.15, 0.2) is 18.2 Å². The van der Waals surface area contributed by atoms with Gasteiger partial charge < -0.3 is 4.90 Å². The van der Waals surface area contributed by atoms with Crippen LogP contribution >= 0.6 is 11.6 Å². The van der Waals surface area contributed by atoms with E-state index >= 15 is 0 Å². The number of halogens is 4. The van der Waals surface area contributed by atoms with Crippen LogP contribution in [0.5, 0.6) is 0 Å². The van der Waals surface area contributed by atoms with Crippen LogP contribution in [0.25, 0.3) is 0 Å². The van der Waals surface area contributed by atoms with Gasteiger partial charge in [0, 0.05) is 42.9 Å². The molecule has 0 aromatic heterocycles. The quantitative estimate of drug-likeness (QED) is 0.818. The van der Waals surface area contributed by atoms with Crippen molar-refractivity contribution in [2.24, 2.45) is 0 Å². The summed E-state index contributed by atoms with van der Waals surface area (Å²) < 4.78 is 38.4. The lowest BCUT2D eigenvalue weighted by molar-refractivity contribution is -0.137. The van der Waals surface area contributed by atoms with Crippen molar-refractivity contribution >= 4 is 17.3 Å². The fraction of sp³-hybridized carbons (Fsp3) is 0.571. The molecule has 0 unspecified atom stereocenters. The SMILES string of the molecule is CC(C)N1CCN(c2cc(Cl)cc(C(F)(F)F)c2)CC1. The van der Waals surface area contributed by atoms with Gasteiger partial charge in [-0.05, 0) is 32.0 Å². The van der Waals surface area contributed by atoms with Gasteiger partial charge in [-0.15, -0.1) is 0 Å². The molecular weight excluding hydrogens is 289 g/mol. The number of rotatable bonds is 2. The molecular formula is C14H18ClF3N2. The highest BCUT2D eigenvalue weighted by atomic mass is 35.5. The van der Waals surface area contributed by atoms with Crippen LogP contribution in [0.3, 0.4) is 0 Å². The van der Waals surface area contributed by atoms with Crippen molar-refractivity contribution in [1.82, 2.24) is 4.90 Å². The van der Waals surface area contributed by atoms with Crippen molar-refractivity contribution in [2.75, 3.05) is 31.1 Å². The van der Waals surface area contributed by atoms with Gasteiger partial charge in [0.05, 0.1) is 5.56 Å². The highest BCUT2D eigenvalue weighted by Crippen LogP contribution is 2.34. The lowest BCUT2D eigenvalue weighted by atomic mass is 10.1. The van der Waals surface area contributed by atoms with Crippen LogP contribution < -0.4 is 4.90 Å². The molecule has 1 aliphatic heterocycles. The first-order chi connectivity index (χ1) is 9.27. The average molecular weight is 307 g/mol. The molecule has 0 spiro atoms. The molecule has 2 rings (SSSR count). The van der Waals surface area contributed by atoms with Crippen molar-refractivity contribution in [3.05, 3.63) is 28.8 Å². The van der Waals surface area contributed by atoms with Crippen molar-refractivity contribution in [3.63, 3.8) is 0 Å². The van der Waals surface area contributed by atoms with Crippen LogP contribution in [0, 0.1) is 0 Å². The van der Waals surface area contributed by atoms with E-state index in [9.17, 15) is 13.2 Å². The molecule has 1 aliphatic rings. The monoisotopic (exact) mass is 306 g/mol. The molecule has 0 radical (unpaired) electrons. The van der Waals surface area contributed by atoms with E-state index in [-0.39, 0.29) is 5.02 Å². The topological polar surface area (TPSA) is 6.48 Å². The number of benzene rings is 1. The number of anilines is 1. The second kappa shape index (κ2) is 5.82. The molecule has 2 nitrogen and oxygen atoms in total. The van der Waals surface area contributed by atoms with Crippen LogP contribution in [-0.2, 0) is 6.18 Å². The third-order valence-corrected chi connectivity index (χ3v) is 3.84. The predicted molar refractivity (Wildman–Crippen MR) is 75.4 cm³/mol. The summed E-state index contributed by atoms with van der Waals surface area (Å²) in [6.07, 6.45) is -4.36. The molecule has 1 heterocycles. The number of nitrogens with zero attached hydrogens (tertiary/aromatic N) is 2. The minimum absolute atomic E-state index is 0.126. The Hall–Kier alpha value is -0.940. The Bertz CT molecular complexity index is 466. The Morgan fingerprint density at radius 1 is 1.05 bits per heavy atom. The summed E-state index contributed by atoms with van der Waals surface area (Å²) in [5.74, 6) is 0. The maximum Gasteiger partial charge on any atom is 0.416 e. The van der Waals surface area contributed by atoms with Gasteiger partial charge in [-0.2, -0.15) is 13.2 Å². The fourth-order valence-corrected chi connectivity index (χ4v) is 2.65. The Kier molecular flexibility index (Phi) is 4.49. The third kappa shape index (κ3) is 3.58. The zero-order valence-electron chi connectivity index (χ0n) is 11.5.